The molecule has 3 atom stereocenters. The van der Waals surface area contributed by atoms with Crippen LogP contribution in [0.15, 0.2) is 78.2 Å². The molecular formula is C37H57N5O3. The number of rotatable bonds is 11. The summed E-state index contributed by atoms with van der Waals surface area (Å²) in [7, 11) is 1.60. The third-order valence-corrected chi connectivity index (χ3v) is 8.20. The van der Waals surface area contributed by atoms with Gasteiger partial charge in [-0.05, 0) is 67.4 Å². The molecule has 2 fully saturated rings. The highest BCUT2D eigenvalue weighted by molar-refractivity contribution is 5.80. The molecule has 2 amide bonds. The predicted octanol–water partition coefficient (Wildman–Crippen LogP) is 5.15. The van der Waals surface area contributed by atoms with E-state index < -0.39 is 6.10 Å². The van der Waals surface area contributed by atoms with Gasteiger partial charge in [-0.15, -0.1) is 0 Å². The number of allylic oxidation sites excluding steroid dienone is 2. The number of aromatic nitrogens is 1. The molecule has 0 spiro atoms. The summed E-state index contributed by atoms with van der Waals surface area (Å²) in [6.07, 6.45) is 11.6. The minimum absolute atomic E-state index is 0.00463. The summed E-state index contributed by atoms with van der Waals surface area (Å²) in [6.45, 7) is 15.0. The number of pyridine rings is 1. The summed E-state index contributed by atoms with van der Waals surface area (Å²) in [5.41, 5.74) is 4.98. The number of hydrogen-bond acceptors (Lipinski definition) is 6. The van der Waals surface area contributed by atoms with Crippen LogP contribution in [0.3, 0.4) is 0 Å². The maximum absolute atomic E-state index is 13.6. The normalized spacial score (nSPS) is 19.9. The number of piperazine rings is 1. The number of nitrogens with one attached hydrogen (secondary N) is 2. The zero-order valence-electron chi connectivity index (χ0n) is 28.5. The van der Waals surface area contributed by atoms with E-state index in [9.17, 15) is 14.7 Å². The third kappa shape index (κ3) is 13.7. The van der Waals surface area contributed by atoms with Gasteiger partial charge in [0.2, 0.25) is 11.8 Å². The summed E-state index contributed by atoms with van der Waals surface area (Å²) in [6, 6.07) is 14.3. The fourth-order valence-electron chi connectivity index (χ4n) is 5.83. The number of β-amino-alcohol motifs (C(OH)–C–C–N with tert-alkyl or cyclic N) is 1. The third-order valence-electron chi connectivity index (χ3n) is 8.20. The van der Waals surface area contributed by atoms with Crippen LogP contribution in [0.1, 0.15) is 71.4 Å². The molecule has 2 aromatic rings. The van der Waals surface area contributed by atoms with Crippen LogP contribution in [0.25, 0.3) is 0 Å². The number of nitrogens with zero attached hydrogens (tertiary/aromatic N) is 3. The van der Waals surface area contributed by atoms with E-state index in [1.54, 1.807) is 7.05 Å². The number of aliphatic hydroxyl groups excluding tert-OH is 1. The second-order valence-corrected chi connectivity index (χ2v) is 11.5. The monoisotopic (exact) mass is 619 g/mol. The first-order chi connectivity index (χ1) is 21.8. The van der Waals surface area contributed by atoms with Crippen molar-refractivity contribution in [2.45, 2.75) is 85.4 Å². The van der Waals surface area contributed by atoms with Gasteiger partial charge in [-0.1, -0.05) is 69.3 Å². The van der Waals surface area contributed by atoms with Crippen LogP contribution in [-0.2, 0) is 22.6 Å². The second-order valence-electron chi connectivity index (χ2n) is 11.5. The number of benzene rings is 1. The minimum Gasteiger partial charge on any atom is -0.392 e. The van der Waals surface area contributed by atoms with Crippen molar-refractivity contribution in [2.75, 3.05) is 39.8 Å². The number of carbonyl (C=O) groups excluding carboxylic acids is 2. The average molecular weight is 620 g/mol. The average Bonchev–Trinajstić information content (AvgIpc) is 3.44. The highest BCUT2D eigenvalue weighted by Gasteiger charge is 2.30. The van der Waals surface area contributed by atoms with Crippen molar-refractivity contribution in [1.82, 2.24) is 25.4 Å². The highest BCUT2D eigenvalue weighted by atomic mass is 16.3. The van der Waals surface area contributed by atoms with Gasteiger partial charge in [0.25, 0.3) is 0 Å². The van der Waals surface area contributed by atoms with E-state index in [1.165, 1.54) is 23.6 Å². The van der Waals surface area contributed by atoms with Crippen LogP contribution in [0.5, 0.6) is 0 Å². The molecule has 1 saturated heterocycles. The first kappa shape index (κ1) is 37.9. The number of hydrogen-bond donors (Lipinski definition) is 3. The van der Waals surface area contributed by atoms with Gasteiger partial charge in [0, 0.05) is 71.6 Å². The molecule has 8 nitrogen and oxygen atoms in total. The lowest BCUT2D eigenvalue weighted by Crippen LogP contribution is -2.48. The van der Waals surface area contributed by atoms with Crippen molar-refractivity contribution in [2.24, 2.45) is 5.92 Å². The summed E-state index contributed by atoms with van der Waals surface area (Å²) < 4.78 is 0. The van der Waals surface area contributed by atoms with Crippen LogP contribution in [0, 0.1) is 5.92 Å². The Bertz CT molecular complexity index is 1180. The van der Waals surface area contributed by atoms with E-state index in [0.717, 1.165) is 57.5 Å². The number of amides is 2. The van der Waals surface area contributed by atoms with E-state index in [0.29, 0.717) is 19.4 Å². The molecule has 1 saturated carbocycles. The number of aliphatic hydroxyl groups is 1. The molecule has 8 heteroatoms. The molecule has 4 rings (SSSR count). The van der Waals surface area contributed by atoms with E-state index >= 15 is 0 Å². The lowest BCUT2D eigenvalue weighted by molar-refractivity contribution is -0.126. The first-order valence-corrected chi connectivity index (χ1v) is 16.7. The van der Waals surface area contributed by atoms with Gasteiger partial charge in [-0.2, -0.15) is 0 Å². The summed E-state index contributed by atoms with van der Waals surface area (Å²) in [5, 5.41) is 16.9. The van der Waals surface area contributed by atoms with E-state index in [2.05, 4.69) is 69.6 Å². The molecular weight excluding hydrogens is 562 g/mol. The Morgan fingerprint density at radius 2 is 1.69 bits per heavy atom. The van der Waals surface area contributed by atoms with Crippen molar-refractivity contribution in [3.05, 3.63) is 89.3 Å². The van der Waals surface area contributed by atoms with Crippen LogP contribution >= 0.6 is 0 Å². The Kier molecular flexibility index (Phi) is 18.0. The first-order valence-electron chi connectivity index (χ1n) is 16.7. The zero-order chi connectivity index (χ0) is 33.0. The van der Waals surface area contributed by atoms with Gasteiger partial charge in [0.15, 0.2) is 0 Å². The van der Waals surface area contributed by atoms with Gasteiger partial charge < -0.3 is 15.7 Å². The van der Waals surface area contributed by atoms with E-state index in [-0.39, 0.29) is 23.8 Å². The largest absolute Gasteiger partial charge is 0.392 e. The highest BCUT2D eigenvalue weighted by Crippen LogP contribution is 2.31. The summed E-state index contributed by atoms with van der Waals surface area (Å²) >= 11 is 0. The molecule has 1 aliphatic heterocycles. The Labute approximate surface area is 272 Å². The van der Waals surface area contributed by atoms with Crippen molar-refractivity contribution in [3.8, 4) is 0 Å². The standard InChI is InChI=1S/C32H44N4O2.C3H7NO.C2H6/c1-3-9-30-27(4-2)13-14-31(30)34-32(38)28(20-25-10-6-5-7-11-25)21-29(37)24-36-18-16-35(17-19-36)23-26-12-8-15-33-22-26;1-3(5)4-2;1-2/h4-12,15,22,28-29,31,37H,3,13-14,16-21,23-24H2,1-2H3,(H,34,38);1-2H3,(H,4,5);1-2H3/b27-4-,30-9+;;/t28-,29+,31-;;/m1../s1. The van der Waals surface area contributed by atoms with E-state index in [1.807, 2.05) is 50.5 Å². The van der Waals surface area contributed by atoms with Gasteiger partial charge in [0.1, 0.15) is 0 Å². The van der Waals surface area contributed by atoms with Crippen LogP contribution < -0.4 is 10.6 Å². The number of carbonyl (C=O) groups is 2. The van der Waals surface area contributed by atoms with Gasteiger partial charge in [0.05, 0.1) is 12.1 Å². The molecule has 2 aliphatic rings. The van der Waals surface area contributed by atoms with Crippen molar-refractivity contribution in [3.63, 3.8) is 0 Å². The molecule has 1 aromatic carbocycles. The predicted molar refractivity (Wildman–Crippen MR) is 185 cm³/mol. The Hall–Kier alpha value is -3.33. The SMILES string of the molecule is C/C=C1/CC[C@@H](NC(=O)[C@H](Cc2ccccc2)C[C@H](O)CN2CCN(Cc3cccnc3)CC2)/C1=C/CC.CC.CNC(C)=O. The van der Waals surface area contributed by atoms with Crippen molar-refractivity contribution >= 4 is 11.8 Å². The lowest BCUT2D eigenvalue weighted by Gasteiger charge is -2.36. The van der Waals surface area contributed by atoms with Crippen molar-refractivity contribution in [1.29, 1.82) is 0 Å². The minimum atomic E-state index is -0.542. The Balaban J connectivity index is 0.000000917. The molecule has 0 bridgehead atoms. The molecule has 1 aromatic heterocycles. The lowest BCUT2D eigenvalue weighted by atomic mass is 9.92. The Morgan fingerprint density at radius 3 is 2.27 bits per heavy atom. The maximum Gasteiger partial charge on any atom is 0.224 e. The topological polar surface area (TPSA) is 97.8 Å². The maximum atomic E-state index is 13.6. The zero-order valence-corrected chi connectivity index (χ0v) is 28.5. The van der Waals surface area contributed by atoms with Crippen LogP contribution in [0.2, 0.25) is 0 Å². The molecule has 3 N–H and O–H groups in total. The van der Waals surface area contributed by atoms with E-state index in [4.69, 9.17) is 0 Å². The molecule has 0 radical (unpaired) electrons. The fraction of sp³-hybridized carbons (Fsp3) is 0.541. The quantitative estimate of drug-likeness (QED) is 0.322. The molecule has 45 heavy (non-hydrogen) atoms. The van der Waals surface area contributed by atoms with Gasteiger partial charge in [-0.25, -0.2) is 0 Å². The fourth-order valence-corrected chi connectivity index (χ4v) is 5.83. The Morgan fingerprint density at radius 1 is 1.04 bits per heavy atom. The second kappa shape index (κ2) is 21.4. The molecule has 248 valence electrons. The molecule has 1 aliphatic carbocycles. The molecule has 2 heterocycles. The van der Waals surface area contributed by atoms with Gasteiger partial charge >= 0.3 is 0 Å². The van der Waals surface area contributed by atoms with Crippen molar-refractivity contribution < 1.29 is 14.7 Å². The summed E-state index contributed by atoms with van der Waals surface area (Å²) in [4.78, 5) is 32.3. The van der Waals surface area contributed by atoms with Gasteiger partial charge in [-0.3, -0.25) is 24.4 Å². The summed E-state index contributed by atoms with van der Waals surface area (Å²) in [5.74, 6) is -0.208. The van der Waals surface area contributed by atoms with Crippen LogP contribution in [0.4, 0.5) is 0 Å². The smallest absolute Gasteiger partial charge is 0.224 e. The molecule has 0 unspecified atom stereocenters. The van der Waals surface area contributed by atoms with Crippen LogP contribution in [-0.4, -0.2) is 83.6 Å².